The molecule has 7 nitrogen and oxygen atoms in total. The summed E-state index contributed by atoms with van der Waals surface area (Å²) in [7, 11) is 0. The van der Waals surface area contributed by atoms with Crippen LogP contribution in [0.4, 0.5) is 11.5 Å². The van der Waals surface area contributed by atoms with Gasteiger partial charge in [0, 0.05) is 41.7 Å². The number of carbonyl (C=O) groups excluding carboxylic acids is 1. The Labute approximate surface area is 189 Å². The minimum absolute atomic E-state index is 0.0369. The quantitative estimate of drug-likeness (QED) is 0.402. The van der Waals surface area contributed by atoms with Crippen LogP contribution in [0.1, 0.15) is 15.9 Å². The van der Waals surface area contributed by atoms with Crippen molar-refractivity contribution in [3.05, 3.63) is 103 Å². The molecule has 0 unspecified atom stereocenters. The smallest absolute Gasteiger partial charge is 0.171 e. The van der Waals surface area contributed by atoms with Crippen molar-refractivity contribution < 1.29 is 4.79 Å². The molecule has 1 aliphatic heterocycles. The van der Waals surface area contributed by atoms with Crippen molar-refractivity contribution >= 4 is 17.3 Å². The number of benzene rings is 2. The molecular formula is C26H18N6O. The first-order valence-corrected chi connectivity index (χ1v) is 10.6. The summed E-state index contributed by atoms with van der Waals surface area (Å²) in [5, 5.41) is 12.5. The van der Waals surface area contributed by atoms with Gasteiger partial charge in [-0.15, -0.1) is 10.2 Å². The minimum Gasteiger partial charge on any atom is -0.338 e. The molecule has 158 valence electrons. The van der Waals surface area contributed by atoms with E-state index >= 15 is 0 Å². The zero-order valence-corrected chi connectivity index (χ0v) is 17.5. The van der Waals surface area contributed by atoms with Gasteiger partial charge in [0.15, 0.2) is 23.2 Å². The molecule has 0 bridgehead atoms. The predicted molar refractivity (Wildman–Crippen MR) is 126 cm³/mol. The molecule has 0 fully saturated rings. The van der Waals surface area contributed by atoms with E-state index in [1.165, 1.54) is 0 Å². The third-order valence-electron chi connectivity index (χ3n) is 5.67. The van der Waals surface area contributed by atoms with Crippen LogP contribution >= 0.6 is 0 Å². The van der Waals surface area contributed by atoms with Crippen molar-refractivity contribution in [2.24, 2.45) is 0 Å². The highest BCUT2D eigenvalue weighted by Gasteiger charge is 2.24. The second-order valence-corrected chi connectivity index (χ2v) is 7.76. The van der Waals surface area contributed by atoms with Crippen molar-refractivity contribution in [1.82, 2.24) is 24.7 Å². The third kappa shape index (κ3) is 3.36. The van der Waals surface area contributed by atoms with Gasteiger partial charge in [0.05, 0.1) is 11.4 Å². The van der Waals surface area contributed by atoms with E-state index in [2.05, 4.69) is 25.5 Å². The Morgan fingerprint density at radius 2 is 1.67 bits per heavy atom. The van der Waals surface area contributed by atoms with Crippen LogP contribution in [0.3, 0.4) is 0 Å². The molecule has 0 atom stereocenters. The van der Waals surface area contributed by atoms with Crippen molar-refractivity contribution in [1.29, 1.82) is 0 Å². The lowest BCUT2D eigenvalue weighted by Gasteiger charge is -2.11. The number of hydrogen-bond donors (Lipinski definition) is 1. The normalized spacial score (nSPS) is 11.5. The van der Waals surface area contributed by atoms with Gasteiger partial charge in [-0.3, -0.25) is 14.3 Å². The fourth-order valence-electron chi connectivity index (χ4n) is 4.05. The summed E-state index contributed by atoms with van der Waals surface area (Å²) >= 11 is 0. The van der Waals surface area contributed by atoms with Gasteiger partial charge in [-0.2, -0.15) is 0 Å². The van der Waals surface area contributed by atoms with E-state index in [9.17, 15) is 4.79 Å². The van der Waals surface area contributed by atoms with Crippen LogP contribution in [0.25, 0.3) is 28.5 Å². The molecule has 3 aromatic heterocycles. The molecule has 5 aromatic rings. The maximum absolute atomic E-state index is 12.5. The average molecular weight is 430 g/mol. The maximum Gasteiger partial charge on any atom is 0.171 e. The van der Waals surface area contributed by atoms with Crippen LogP contribution < -0.4 is 5.32 Å². The first kappa shape index (κ1) is 19.1. The molecule has 6 rings (SSSR count). The number of aromatic nitrogens is 5. The average Bonchev–Trinajstić information content (AvgIpc) is 3.25. The van der Waals surface area contributed by atoms with E-state index in [4.69, 9.17) is 0 Å². The van der Waals surface area contributed by atoms with Gasteiger partial charge < -0.3 is 5.32 Å². The van der Waals surface area contributed by atoms with Crippen molar-refractivity contribution in [3.8, 4) is 28.5 Å². The van der Waals surface area contributed by atoms with Crippen molar-refractivity contribution in [3.63, 3.8) is 0 Å². The van der Waals surface area contributed by atoms with Crippen LogP contribution in [-0.4, -0.2) is 30.5 Å². The highest BCUT2D eigenvalue weighted by molar-refractivity contribution is 5.97. The number of Topliss-reactive ketones (excluding diaryl/α,β-unsaturated/α-hetero) is 1. The topological polar surface area (TPSA) is 85.6 Å². The highest BCUT2D eigenvalue weighted by Crippen LogP contribution is 2.38. The van der Waals surface area contributed by atoms with Gasteiger partial charge in [0.2, 0.25) is 0 Å². The zero-order chi connectivity index (χ0) is 22.2. The molecule has 7 heteroatoms. The van der Waals surface area contributed by atoms with E-state index in [1.54, 1.807) is 30.7 Å². The van der Waals surface area contributed by atoms with Crippen LogP contribution in [0.15, 0.2) is 91.4 Å². The fraction of sp³-hybridized carbons (Fsp3) is 0.0385. The monoisotopic (exact) mass is 430 g/mol. The first-order chi connectivity index (χ1) is 16.3. The number of fused-ring (bicyclic) bond motifs is 5. The maximum atomic E-state index is 12.5. The van der Waals surface area contributed by atoms with Crippen LogP contribution in [0, 0.1) is 0 Å². The van der Waals surface area contributed by atoms with E-state index in [0.29, 0.717) is 17.8 Å². The number of pyridine rings is 2. The predicted octanol–water partition coefficient (Wildman–Crippen LogP) is 4.87. The molecule has 33 heavy (non-hydrogen) atoms. The summed E-state index contributed by atoms with van der Waals surface area (Å²) in [5.41, 5.74) is 5.20. The van der Waals surface area contributed by atoms with Crippen LogP contribution in [0.2, 0.25) is 0 Å². The Morgan fingerprint density at radius 1 is 0.848 bits per heavy atom. The van der Waals surface area contributed by atoms with Crippen LogP contribution in [0.5, 0.6) is 0 Å². The van der Waals surface area contributed by atoms with Gasteiger partial charge in [-0.05, 0) is 42.0 Å². The third-order valence-corrected chi connectivity index (χ3v) is 5.67. The lowest BCUT2D eigenvalue weighted by atomic mass is 10.0. The molecule has 0 aliphatic carbocycles. The van der Waals surface area contributed by atoms with E-state index in [0.717, 1.165) is 39.7 Å². The number of carbonyl (C=O) groups is 1. The molecule has 4 heterocycles. The van der Waals surface area contributed by atoms with E-state index in [1.807, 2.05) is 65.2 Å². The molecule has 1 aliphatic rings. The van der Waals surface area contributed by atoms with Gasteiger partial charge in [0.1, 0.15) is 0 Å². The molecule has 0 radical (unpaired) electrons. The van der Waals surface area contributed by atoms with Crippen molar-refractivity contribution in [2.75, 3.05) is 5.32 Å². The standard InChI is InChI=1S/C26H18N6O/c33-23(19-5-3-13-27-16-19)15-17-9-11-18(12-10-17)25-30-31-26-20-6-1-2-7-21(20)29-24-22(32(25)26)8-4-14-28-24/h1-14,16H,15H2,(H,28,29). The second kappa shape index (κ2) is 7.80. The summed E-state index contributed by atoms with van der Waals surface area (Å²) in [6.45, 7) is 0. The molecule has 1 N–H and O–H groups in total. The van der Waals surface area contributed by atoms with Gasteiger partial charge in [-0.25, -0.2) is 4.98 Å². The number of rotatable bonds is 4. The summed E-state index contributed by atoms with van der Waals surface area (Å²) in [6, 6.07) is 23.3. The molecule has 0 amide bonds. The number of hydrogen-bond acceptors (Lipinski definition) is 6. The Kier molecular flexibility index (Phi) is 4.51. The summed E-state index contributed by atoms with van der Waals surface area (Å²) < 4.78 is 2.02. The number of nitrogens with one attached hydrogen (secondary N) is 1. The molecular weight excluding hydrogens is 412 g/mol. The minimum atomic E-state index is 0.0369. The van der Waals surface area contributed by atoms with Gasteiger partial charge in [-0.1, -0.05) is 36.4 Å². The lowest BCUT2D eigenvalue weighted by molar-refractivity contribution is 0.0992. The number of anilines is 2. The Balaban J connectivity index is 1.40. The Bertz CT molecular complexity index is 1470. The van der Waals surface area contributed by atoms with Crippen molar-refractivity contribution in [2.45, 2.75) is 6.42 Å². The molecule has 0 spiro atoms. The molecule has 0 saturated carbocycles. The molecule has 2 aromatic carbocycles. The SMILES string of the molecule is O=C(Cc1ccc(-c2nnc3n2-c2cccnc2Nc2ccccc2-3)cc1)c1cccnc1. The zero-order valence-electron chi connectivity index (χ0n) is 17.5. The Morgan fingerprint density at radius 3 is 2.52 bits per heavy atom. The number of nitrogens with zero attached hydrogens (tertiary/aromatic N) is 5. The first-order valence-electron chi connectivity index (χ1n) is 10.6. The van der Waals surface area contributed by atoms with Gasteiger partial charge >= 0.3 is 0 Å². The van der Waals surface area contributed by atoms with E-state index < -0.39 is 0 Å². The van der Waals surface area contributed by atoms with Crippen LogP contribution in [-0.2, 0) is 6.42 Å². The van der Waals surface area contributed by atoms with E-state index in [-0.39, 0.29) is 5.78 Å². The largest absolute Gasteiger partial charge is 0.338 e. The summed E-state index contributed by atoms with van der Waals surface area (Å²) in [6.07, 6.45) is 5.33. The fourth-order valence-corrected chi connectivity index (χ4v) is 4.05. The Hall–Kier alpha value is -4.65. The second-order valence-electron chi connectivity index (χ2n) is 7.76. The molecule has 0 saturated heterocycles. The highest BCUT2D eigenvalue weighted by atomic mass is 16.1. The summed E-state index contributed by atoms with van der Waals surface area (Å²) in [4.78, 5) is 21.1. The van der Waals surface area contributed by atoms with Gasteiger partial charge in [0.25, 0.3) is 0 Å². The lowest BCUT2D eigenvalue weighted by Crippen LogP contribution is -2.04. The summed E-state index contributed by atoms with van der Waals surface area (Å²) in [5.74, 6) is 2.23. The number of para-hydroxylation sites is 1. The number of ketones is 1.